The van der Waals surface area contributed by atoms with Crippen LogP contribution in [0.2, 0.25) is 10.0 Å². The Hall–Kier alpha value is -2.82. The first-order valence-electron chi connectivity index (χ1n) is 8.16. The van der Waals surface area contributed by atoms with E-state index in [-0.39, 0.29) is 5.91 Å². The van der Waals surface area contributed by atoms with Gasteiger partial charge in [-0.25, -0.2) is 5.43 Å². The quantitative estimate of drug-likeness (QED) is 0.450. The van der Waals surface area contributed by atoms with Gasteiger partial charge in [0.1, 0.15) is 12.4 Å². The van der Waals surface area contributed by atoms with Gasteiger partial charge in [-0.3, -0.25) is 4.79 Å². The Kier molecular flexibility index (Phi) is 6.47. The van der Waals surface area contributed by atoms with E-state index in [1.54, 1.807) is 42.6 Å². The van der Waals surface area contributed by atoms with Gasteiger partial charge in [-0.05, 0) is 59.7 Å². The maximum absolute atomic E-state index is 12.1. The molecule has 4 nitrogen and oxygen atoms in total. The normalized spacial score (nSPS) is 10.7. The Morgan fingerprint density at radius 1 is 0.889 bits per heavy atom. The summed E-state index contributed by atoms with van der Waals surface area (Å²) in [6, 6.07) is 21.4. The Bertz CT molecular complexity index is 922. The fourth-order valence-electron chi connectivity index (χ4n) is 2.23. The lowest BCUT2D eigenvalue weighted by Gasteiger charge is -2.07. The van der Waals surface area contributed by atoms with Crippen molar-refractivity contribution in [3.63, 3.8) is 0 Å². The molecule has 0 spiro atoms. The number of hydrazone groups is 1. The van der Waals surface area contributed by atoms with Crippen molar-refractivity contribution in [2.24, 2.45) is 5.10 Å². The van der Waals surface area contributed by atoms with E-state index >= 15 is 0 Å². The first-order valence-corrected chi connectivity index (χ1v) is 8.92. The van der Waals surface area contributed by atoms with Crippen LogP contribution >= 0.6 is 23.2 Å². The lowest BCUT2D eigenvalue weighted by Crippen LogP contribution is -2.17. The van der Waals surface area contributed by atoms with Gasteiger partial charge in [0.15, 0.2) is 0 Å². The molecule has 0 saturated carbocycles. The molecule has 0 bridgehead atoms. The molecule has 3 rings (SSSR count). The highest BCUT2D eigenvalue weighted by atomic mass is 35.5. The van der Waals surface area contributed by atoms with Crippen LogP contribution in [0.15, 0.2) is 77.9 Å². The van der Waals surface area contributed by atoms with E-state index in [4.69, 9.17) is 27.9 Å². The standard InChI is InChI=1S/C21H16Cl2N2O2/c22-18-7-1-15(2-8-18)13-24-25-21(26)17-5-11-20(12-6-17)27-14-16-3-9-19(23)10-4-16/h1-13H,14H2,(H,25,26). The lowest BCUT2D eigenvalue weighted by molar-refractivity contribution is 0.0955. The predicted octanol–water partition coefficient (Wildman–Crippen LogP) is 5.34. The van der Waals surface area contributed by atoms with E-state index < -0.39 is 0 Å². The first kappa shape index (κ1) is 19.0. The van der Waals surface area contributed by atoms with E-state index in [0.717, 1.165) is 11.1 Å². The molecule has 0 aliphatic rings. The summed E-state index contributed by atoms with van der Waals surface area (Å²) < 4.78 is 5.70. The van der Waals surface area contributed by atoms with Gasteiger partial charge in [0.25, 0.3) is 5.91 Å². The average molecular weight is 399 g/mol. The Balaban J connectivity index is 1.52. The highest BCUT2D eigenvalue weighted by Gasteiger charge is 2.04. The molecule has 3 aromatic rings. The third-order valence-electron chi connectivity index (χ3n) is 3.68. The zero-order valence-electron chi connectivity index (χ0n) is 14.2. The molecule has 0 atom stereocenters. The first-order chi connectivity index (χ1) is 13.1. The van der Waals surface area contributed by atoms with Crippen molar-refractivity contribution in [2.45, 2.75) is 6.61 Å². The van der Waals surface area contributed by atoms with E-state index in [1.807, 2.05) is 36.4 Å². The van der Waals surface area contributed by atoms with Crippen LogP contribution in [0.4, 0.5) is 0 Å². The van der Waals surface area contributed by atoms with Gasteiger partial charge in [0.05, 0.1) is 6.21 Å². The summed E-state index contributed by atoms with van der Waals surface area (Å²) in [7, 11) is 0. The predicted molar refractivity (Wildman–Crippen MR) is 109 cm³/mol. The van der Waals surface area contributed by atoms with Crippen LogP contribution in [0, 0.1) is 0 Å². The Labute approximate surface area is 167 Å². The molecule has 0 unspecified atom stereocenters. The monoisotopic (exact) mass is 398 g/mol. The minimum absolute atomic E-state index is 0.301. The molecule has 0 fully saturated rings. The van der Waals surface area contributed by atoms with Crippen LogP contribution < -0.4 is 10.2 Å². The molecule has 6 heteroatoms. The summed E-state index contributed by atoms with van der Waals surface area (Å²) in [4.78, 5) is 12.1. The number of carbonyl (C=O) groups is 1. The van der Waals surface area contributed by atoms with E-state index in [2.05, 4.69) is 10.5 Å². The highest BCUT2D eigenvalue weighted by molar-refractivity contribution is 6.30. The number of hydrogen-bond acceptors (Lipinski definition) is 3. The van der Waals surface area contributed by atoms with E-state index in [0.29, 0.717) is 28.0 Å². The number of ether oxygens (including phenoxy) is 1. The fraction of sp³-hybridized carbons (Fsp3) is 0.0476. The van der Waals surface area contributed by atoms with Gasteiger partial charge in [0.2, 0.25) is 0 Å². The maximum Gasteiger partial charge on any atom is 0.271 e. The number of carbonyl (C=O) groups excluding carboxylic acids is 1. The Morgan fingerprint density at radius 2 is 1.48 bits per heavy atom. The van der Waals surface area contributed by atoms with Crippen LogP contribution in [0.5, 0.6) is 5.75 Å². The zero-order valence-corrected chi connectivity index (χ0v) is 15.7. The number of nitrogens with zero attached hydrogens (tertiary/aromatic N) is 1. The number of benzene rings is 3. The molecule has 27 heavy (non-hydrogen) atoms. The van der Waals surface area contributed by atoms with Crippen LogP contribution in [-0.2, 0) is 6.61 Å². The number of hydrogen-bond donors (Lipinski definition) is 1. The lowest BCUT2D eigenvalue weighted by atomic mass is 10.2. The van der Waals surface area contributed by atoms with Crippen molar-refractivity contribution < 1.29 is 9.53 Å². The molecule has 0 heterocycles. The second-order valence-electron chi connectivity index (χ2n) is 5.69. The van der Waals surface area contributed by atoms with Crippen molar-refractivity contribution in [1.82, 2.24) is 5.43 Å². The van der Waals surface area contributed by atoms with Crippen LogP contribution in [0.1, 0.15) is 21.5 Å². The number of amides is 1. The van der Waals surface area contributed by atoms with Crippen LogP contribution in [-0.4, -0.2) is 12.1 Å². The maximum atomic E-state index is 12.1. The van der Waals surface area contributed by atoms with Crippen molar-refractivity contribution in [3.8, 4) is 5.75 Å². The molecule has 0 radical (unpaired) electrons. The van der Waals surface area contributed by atoms with Gasteiger partial charge in [0, 0.05) is 15.6 Å². The molecule has 3 aromatic carbocycles. The molecular weight excluding hydrogens is 383 g/mol. The summed E-state index contributed by atoms with van der Waals surface area (Å²) in [5.41, 5.74) is 4.83. The summed E-state index contributed by atoms with van der Waals surface area (Å²) in [6.07, 6.45) is 1.55. The second-order valence-corrected chi connectivity index (χ2v) is 6.56. The van der Waals surface area contributed by atoms with Crippen LogP contribution in [0.25, 0.3) is 0 Å². The third kappa shape index (κ3) is 5.84. The molecular formula is C21H16Cl2N2O2. The number of halogens is 2. The van der Waals surface area contributed by atoms with Crippen molar-refractivity contribution in [1.29, 1.82) is 0 Å². The summed E-state index contributed by atoms with van der Waals surface area (Å²) in [5.74, 6) is 0.371. The van der Waals surface area contributed by atoms with Crippen molar-refractivity contribution in [3.05, 3.63) is 99.5 Å². The fourth-order valence-corrected chi connectivity index (χ4v) is 2.48. The molecule has 136 valence electrons. The minimum Gasteiger partial charge on any atom is -0.489 e. The van der Waals surface area contributed by atoms with Crippen molar-refractivity contribution in [2.75, 3.05) is 0 Å². The topological polar surface area (TPSA) is 50.7 Å². The Morgan fingerprint density at radius 3 is 2.11 bits per heavy atom. The minimum atomic E-state index is -0.301. The van der Waals surface area contributed by atoms with E-state index in [1.165, 1.54) is 0 Å². The van der Waals surface area contributed by atoms with Gasteiger partial charge >= 0.3 is 0 Å². The SMILES string of the molecule is O=C(NN=Cc1ccc(Cl)cc1)c1ccc(OCc2ccc(Cl)cc2)cc1. The smallest absolute Gasteiger partial charge is 0.271 e. The van der Waals surface area contributed by atoms with Gasteiger partial charge in [-0.15, -0.1) is 0 Å². The summed E-state index contributed by atoms with van der Waals surface area (Å²) >= 11 is 11.7. The highest BCUT2D eigenvalue weighted by Crippen LogP contribution is 2.16. The number of rotatable bonds is 6. The largest absolute Gasteiger partial charge is 0.489 e. The molecule has 0 aliphatic carbocycles. The molecule has 0 aromatic heterocycles. The number of nitrogens with one attached hydrogen (secondary N) is 1. The van der Waals surface area contributed by atoms with Gasteiger partial charge in [-0.2, -0.15) is 5.10 Å². The third-order valence-corrected chi connectivity index (χ3v) is 4.19. The van der Waals surface area contributed by atoms with Crippen molar-refractivity contribution >= 4 is 35.3 Å². The zero-order chi connectivity index (χ0) is 19.1. The van der Waals surface area contributed by atoms with Crippen LogP contribution in [0.3, 0.4) is 0 Å². The van der Waals surface area contributed by atoms with E-state index in [9.17, 15) is 4.79 Å². The van der Waals surface area contributed by atoms with Gasteiger partial charge in [-0.1, -0.05) is 47.5 Å². The molecule has 0 saturated heterocycles. The molecule has 1 N–H and O–H groups in total. The average Bonchev–Trinajstić information content (AvgIpc) is 2.69. The summed E-state index contributed by atoms with van der Waals surface area (Å²) in [5, 5.41) is 5.28. The second kappa shape index (κ2) is 9.21. The van der Waals surface area contributed by atoms with Gasteiger partial charge < -0.3 is 4.74 Å². The molecule has 1 amide bonds. The summed E-state index contributed by atoms with van der Waals surface area (Å²) in [6.45, 7) is 0.425. The molecule has 0 aliphatic heterocycles.